The smallest absolute Gasteiger partial charge is 0.207 e. The lowest BCUT2D eigenvalue weighted by Gasteiger charge is -2.20. The van der Waals surface area contributed by atoms with Crippen LogP contribution in [0.15, 0.2) is 58.3 Å². The Kier molecular flexibility index (Phi) is 7.77. The molecule has 2 rings (SSSR count). The Morgan fingerprint density at radius 2 is 1.11 bits per heavy atom. The molecule has 0 aliphatic rings. The minimum atomic E-state index is -3.85. The fourth-order valence-corrected chi connectivity index (χ4v) is 5.12. The summed E-state index contributed by atoms with van der Waals surface area (Å²) >= 11 is 0. The van der Waals surface area contributed by atoms with Gasteiger partial charge in [-0.15, -0.1) is 0 Å². The summed E-state index contributed by atoms with van der Waals surface area (Å²) in [6.45, 7) is 5.77. The second-order valence-electron chi connectivity index (χ2n) is 6.92. The first-order chi connectivity index (χ1) is 13.1. The van der Waals surface area contributed by atoms with Gasteiger partial charge in [-0.1, -0.05) is 61.6 Å². The molecule has 0 heterocycles. The molecule has 2 aromatic rings. The fourth-order valence-electron chi connectivity index (χ4n) is 2.69. The maximum atomic E-state index is 12.7. The van der Waals surface area contributed by atoms with Gasteiger partial charge in [0, 0.05) is 0 Å². The quantitative estimate of drug-likeness (QED) is 0.451. The van der Waals surface area contributed by atoms with Gasteiger partial charge in [0.05, 0.1) is 16.0 Å². The van der Waals surface area contributed by atoms with Gasteiger partial charge >= 0.3 is 0 Å². The van der Waals surface area contributed by atoms with Crippen molar-refractivity contribution in [3.63, 3.8) is 0 Å². The van der Waals surface area contributed by atoms with Gasteiger partial charge < -0.3 is 0 Å². The van der Waals surface area contributed by atoms with Crippen LogP contribution in [-0.2, 0) is 20.0 Å². The molecule has 0 spiro atoms. The van der Waals surface area contributed by atoms with Crippen LogP contribution >= 0.6 is 0 Å². The molecule has 2 aromatic carbocycles. The molecule has 6 nitrogen and oxygen atoms in total. The highest BCUT2D eigenvalue weighted by Crippen LogP contribution is 2.15. The van der Waals surface area contributed by atoms with Crippen LogP contribution in [0, 0.1) is 13.8 Å². The third-order valence-corrected chi connectivity index (χ3v) is 7.33. The highest BCUT2D eigenvalue weighted by molar-refractivity contribution is 7.90. The molecule has 0 aromatic heterocycles. The summed E-state index contributed by atoms with van der Waals surface area (Å²) in [4.78, 5) is 0.209. The maximum Gasteiger partial charge on any atom is 0.241 e. The third kappa shape index (κ3) is 6.41. The largest absolute Gasteiger partial charge is 0.241 e. The van der Waals surface area contributed by atoms with E-state index in [1.54, 1.807) is 24.3 Å². The van der Waals surface area contributed by atoms with Crippen molar-refractivity contribution >= 4 is 20.0 Å². The lowest BCUT2D eigenvalue weighted by atomic mass is 10.2. The topological polar surface area (TPSA) is 92.3 Å². The van der Waals surface area contributed by atoms with Crippen LogP contribution in [0.3, 0.4) is 0 Å². The molecule has 0 saturated heterocycles. The normalized spacial score (nSPS) is 12.4. The van der Waals surface area contributed by atoms with Crippen LogP contribution in [0.4, 0.5) is 0 Å². The molecular formula is C20H28N2O4S2. The molecule has 0 aliphatic heterocycles. The van der Waals surface area contributed by atoms with Crippen LogP contribution in [0.5, 0.6) is 0 Å². The van der Waals surface area contributed by atoms with Gasteiger partial charge in [0.15, 0.2) is 0 Å². The van der Waals surface area contributed by atoms with E-state index in [1.807, 2.05) is 20.8 Å². The lowest BCUT2D eigenvalue weighted by molar-refractivity contribution is 0.476. The number of sulfonamides is 2. The zero-order chi connectivity index (χ0) is 20.8. The molecule has 28 heavy (non-hydrogen) atoms. The highest BCUT2D eigenvalue weighted by Gasteiger charge is 2.25. The summed E-state index contributed by atoms with van der Waals surface area (Å²) in [5.74, 6) is 0. The minimum absolute atomic E-state index is 0.105. The summed E-state index contributed by atoms with van der Waals surface area (Å²) in [7, 11) is -7.70. The van der Waals surface area contributed by atoms with Crippen molar-refractivity contribution in [3.05, 3.63) is 59.7 Å². The van der Waals surface area contributed by atoms with E-state index >= 15 is 0 Å². The second kappa shape index (κ2) is 9.65. The first-order valence-corrected chi connectivity index (χ1v) is 12.3. The molecule has 0 atom stereocenters. The molecular weight excluding hydrogens is 396 g/mol. The van der Waals surface area contributed by atoms with E-state index < -0.39 is 26.2 Å². The van der Waals surface area contributed by atoms with Gasteiger partial charge in [-0.2, -0.15) is 9.44 Å². The van der Waals surface area contributed by atoms with Crippen molar-refractivity contribution in [2.75, 3.05) is 0 Å². The molecule has 0 saturated carbocycles. The van der Waals surface area contributed by atoms with Crippen molar-refractivity contribution in [1.82, 2.24) is 9.44 Å². The summed E-state index contributed by atoms with van der Waals surface area (Å²) in [6.07, 6.45) is 1.97. The van der Waals surface area contributed by atoms with Gasteiger partial charge in [-0.3, -0.25) is 0 Å². The standard InChI is InChI=1S/C20H28N2O4S2/c1-4-5-6-7-20(21-27(23,24)18-12-8-16(2)9-13-18)22-28(25,26)19-14-10-17(3)11-15-19/h8-15,20-22H,4-7H2,1-3H3. The van der Waals surface area contributed by atoms with Crippen molar-refractivity contribution in [2.45, 2.75) is 62.4 Å². The van der Waals surface area contributed by atoms with Crippen LogP contribution in [0.1, 0.15) is 43.7 Å². The van der Waals surface area contributed by atoms with Crippen LogP contribution < -0.4 is 9.44 Å². The number of benzene rings is 2. The minimum Gasteiger partial charge on any atom is -0.207 e. The Labute approximate surface area is 168 Å². The van der Waals surface area contributed by atoms with Crippen molar-refractivity contribution in [3.8, 4) is 0 Å². The molecule has 2 N–H and O–H groups in total. The third-order valence-electron chi connectivity index (χ3n) is 4.35. The average molecular weight is 425 g/mol. The van der Waals surface area contributed by atoms with Crippen molar-refractivity contribution in [1.29, 1.82) is 0 Å². The van der Waals surface area contributed by atoms with Crippen molar-refractivity contribution < 1.29 is 16.8 Å². The fraction of sp³-hybridized carbons (Fsp3) is 0.400. The van der Waals surface area contributed by atoms with Crippen LogP contribution in [-0.4, -0.2) is 23.0 Å². The second-order valence-corrected chi connectivity index (χ2v) is 10.3. The molecule has 0 fully saturated rings. The van der Waals surface area contributed by atoms with Gasteiger partial charge in [-0.05, 0) is 44.5 Å². The Morgan fingerprint density at radius 1 is 0.714 bits per heavy atom. The summed E-state index contributed by atoms with van der Waals surface area (Å²) in [5, 5.41) is 0. The average Bonchev–Trinajstić information content (AvgIpc) is 2.62. The number of rotatable bonds is 10. The van der Waals surface area contributed by atoms with Gasteiger partial charge in [-0.25, -0.2) is 16.8 Å². The van der Waals surface area contributed by atoms with Crippen molar-refractivity contribution in [2.24, 2.45) is 0 Å². The van der Waals surface area contributed by atoms with E-state index in [-0.39, 0.29) is 9.79 Å². The van der Waals surface area contributed by atoms with Crippen LogP contribution in [0.2, 0.25) is 0 Å². The van der Waals surface area contributed by atoms with Gasteiger partial charge in [0.25, 0.3) is 0 Å². The Hall–Kier alpha value is -1.74. The summed E-state index contributed by atoms with van der Waals surface area (Å²) < 4.78 is 55.8. The number of unbranched alkanes of at least 4 members (excludes halogenated alkanes) is 2. The molecule has 0 amide bonds. The first-order valence-electron chi connectivity index (χ1n) is 9.32. The predicted octanol–water partition coefficient (Wildman–Crippen LogP) is 3.47. The Bertz CT molecular complexity index is 890. The van der Waals surface area contributed by atoms with E-state index in [1.165, 1.54) is 24.3 Å². The number of aryl methyl sites for hydroxylation is 2. The zero-order valence-electron chi connectivity index (χ0n) is 16.5. The summed E-state index contributed by atoms with van der Waals surface area (Å²) in [6, 6.07) is 12.9. The van der Waals surface area contributed by atoms with E-state index in [4.69, 9.17) is 0 Å². The Balaban J connectivity index is 2.23. The summed E-state index contributed by atoms with van der Waals surface area (Å²) in [5.41, 5.74) is 1.89. The van der Waals surface area contributed by atoms with E-state index in [2.05, 4.69) is 9.44 Å². The number of hydrogen-bond donors (Lipinski definition) is 2. The monoisotopic (exact) mass is 424 g/mol. The van der Waals surface area contributed by atoms with E-state index in [0.29, 0.717) is 12.8 Å². The van der Waals surface area contributed by atoms with E-state index in [0.717, 1.165) is 24.0 Å². The maximum absolute atomic E-state index is 12.7. The molecule has 154 valence electrons. The SMILES string of the molecule is CCCCCC(NS(=O)(=O)c1ccc(C)cc1)NS(=O)(=O)c1ccc(C)cc1. The number of nitrogens with one attached hydrogen (secondary N) is 2. The molecule has 0 radical (unpaired) electrons. The molecule has 8 heteroatoms. The van der Waals surface area contributed by atoms with Gasteiger partial charge in [0.1, 0.15) is 0 Å². The zero-order valence-corrected chi connectivity index (χ0v) is 18.1. The first kappa shape index (κ1) is 22.5. The number of hydrogen-bond acceptors (Lipinski definition) is 4. The molecule has 0 bridgehead atoms. The van der Waals surface area contributed by atoms with Gasteiger partial charge in [0.2, 0.25) is 20.0 Å². The van der Waals surface area contributed by atoms with Crippen LogP contribution in [0.25, 0.3) is 0 Å². The molecule has 0 unspecified atom stereocenters. The highest BCUT2D eigenvalue weighted by atomic mass is 32.2. The predicted molar refractivity (Wildman–Crippen MR) is 111 cm³/mol. The lowest BCUT2D eigenvalue weighted by Crippen LogP contribution is -2.47. The van der Waals surface area contributed by atoms with E-state index in [9.17, 15) is 16.8 Å². The molecule has 0 aliphatic carbocycles. The Morgan fingerprint density at radius 3 is 1.46 bits per heavy atom.